The molecular formula is C10H13ClN2O. The van der Waals surface area contributed by atoms with E-state index in [4.69, 9.17) is 11.6 Å². The minimum Gasteiger partial charge on any atom is -0.341 e. The van der Waals surface area contributed by atoms with Gasteiger partial charge in [-0.1, -0.05) is 11.6 Å². The molecule has 0 radical (unpaired) electrons. The molecule has 14 heavy (non-hydrogen) atoms. The molecule has 0 fully saturated rings. The van der Waals surface area contributed by atoms with Crippen LogP contribution in [0, 0.1) is 0 Å². The lowest BCUT2D eigenvalue weighted by Gasteiger charge is -2.20. The van der Waals surface area contributed by atoms with E-state index in [9.17, 15) is 4.79 Å². The van der Waals surface area contributed by atoms with E-state index in [0.717, 1.165) is 5.69 Å². The molecular weight excluding hydrogens is 200 g/mol. The van der Waals surface area contributed by atoms with Crippen molar-refractivity contribution in [3.05, 3.63) is 29.3 Å². The largest absolute Gasteiger partial charge is 0.341 e. The summed E-state index contributed by atoms with van der Waals surface area (Å²) >= 11 is 5.75. The normalized spacial score (nSPS) is 9.64. The van der Waals surface area contributed by atoms with E-state index >= 15 is 0 Å². The number of halogens is 1. The van der Waals surface area contributed by atoms with Crippen LogP contribution in [0.2, 0.25) is 5.02 Å². The Morgan fingerprint density at radius 1 is 1.43 bits per heavy atom. The first kappa shape index (κ1) is 10.9. The second-order valence-corrected chi connectivity index (χ2v) is 3.21. The third kappa shape index (κ3) is 2.39. The highest BCUT2D eigenvalue weighted by atomic mass is 35.5. The lowest BCUT2D eigenvalue weighted by atomic mass is 10.3. The van der Waals surface area contributed by atoms with Crippen molar-refractivity contribution in [3.8, 4) is 0 Å². The number of nitrogens with one attached hydrogen (secondary N) is 1. The van der Waals surface area contributed by atoms with Gasteiger partial charge in [-0.15, -0.1) is 0 Å². The summed E-state index contributed by atoms with van der Waals surface area (Å²) in [5.74, 6) is 0. The third-order valence-electron chi connectivity index (χ3n) is 1.91. The van der Waals surface area contributed by atoms with E-state index in [-0.39, 0.29) is 6.03 Å². The quantitative estimate of drug-likeness (QED) is 0.803. The fourth-order valence-corrected chi connectivity index (χ4v) is 1.33. The van der Waals surface area contributed by atoms with Gasteiger partial charge in [0.2, 0.25) is 0 Å². The third-order valence-corrected chi connectivity index (χ3v) is 2.17. The molecule has 3 nitrogen and oxygen atoms in total. The number of urea groups is 1. The molecule has 0 spiro atoms. The van der Waals surface area contributed by atoms with Gasteiger partial charge >= 0.3 is 6.03 Å². The van der Waals surface area contributed by atoms with Gasteiger partial charge in [0.05, 0.1) is 0 Å². The summed E-state index contributed by atoms with van der Waals surface area (Å²) < 4.78 is 0. The SMILES string of the molecule is CCN(C(=O)NC)c1ccc(Cl)cc1. The molecule has 1 N–H and O–H groups in total. The zero-order chi connectivity index (χ0) is 10.6. The Kier molecular flexibility index (Phi) is 3.77. The van der Waals surface area contributed by atoms with Crippen LogP contribution in [-0.4, -0.2) is 19.6 Å². The van der Waals surface area contributed by atoms with Gasteiger partial charge in [-0.2, -0.15) is 0 Å². The summed E-state index contributed by atoms with van der Waals surface area (Å²) in [5, 5.41) is 3.25. The maximum absolute atomic E-state index is 11.4. The van der Waals surface area contributed by atoms with Crippen LogP contribution >= 0.6 is 11.6 Å². The van der Waals surface area contributed by atoms with E-state index in [1.165, 1.54) is 0 Å². The number of carbonyl (C=O) groups excluding carboxylic acids is 1. The Morgan fingerprint density at radius 2 is 2.00 bits per heavy atom. The van der Waals surface area contributed by atoms with Gasteiger partial charge < -0.3 is 5.32 Å². The van der Waals surface area contributed by atoms with Crippen molar-refractivity contribution in [3.63, 3.8) is 0 Å². The molecule has 0 saturated carbocycles. The van der Waals surface area contributed by atoms with Crippen molar-refractivity contribution in [2.75, 3.05) is 18.5 Å². The zero-order valence-corrected chi connectivity index (χ0v) is 9.01. The molecule has 76 valence electrons. The monoisotopic (exact) mass is 212 g/mol. The molecule has 0 aromatic heterocycles. The zero-order valence-electron chi connectivity index (χ0n) is 8.25. The Hall–Kier alpha value is -1.22. The number of carbonyl (C=O) groups is 1. The number of hydrogen-bond donors (Lipinski definition) is 1. The molecule has 0 heterocycles. The van der Waals surface area contributed by atoms with Crippen LogP contribution in [0.3, 0.4) is 0 Å². The Morgan fingerprint density at radius 3 is 2.43 bits per heavy atom. The van der Waals surface area contributed by atoms with E-state index in [1.54, 1.807) is 24.1 Å². The first-order valence-corrected chi connectivity index (χ1v) is 4.81. The fraction of sp³-hybridized carbons (Fsp3) is 0.300. The van der Waals surface area contributed by atoms with Crippen LogP contribution < -0.4 is 10.2 Å². The molecule has 0 aliphatic heterocycles. The summed E-state index contributed by atoms with van der Waals surface area (Å²) in [6.45, 7) is 2.55. The Bertz CT molecular complexity index is 310. The first-order chi connectivity index (χ1) is 6.69. The molecule has 0 aliphatic carbocycles. The minimum absolute atomic E-state index is 0.116. The Labute approximate surface area is 88.7 Å². The van der Waals surface area contributed by atoms with Crippen LogP contribution in [-0.2, 0) is 0 Å². The van der Waals surface area contributed by atoms with E-state index in [1.807, 2.05) is 19.1 Å². The second-order valence-electron chi connectivity index (χ2n) is 2.78. The standard InChI is InChI=1S/C10H13ClN2O/c1-3-13(10(14)12-2)9-6-4-8(11)5-7-9/h4-7H,3H2,1-2H3,(H,12,14). The summed E-state index contributed by atoms with van der Waals surface area (Å²) in [6.07, 6.45) is 0. The average Bonchev–Trinajstić information content (AvgIpc) is 2.21. The van der Waals surface area contributed by atoms with E-state index in [0.29, 0.717) is 11.6 Å². The van der Waals surface area contributed by atoms with Crippen molar-refractivity contribution in [1.29, 1.82) is 0 Å². The molecule has 1 aromatic carbocycles. The van der Waals surface area contributed by atoms with Crippen molar-refractivity contribution in [2.45, 2.75) is 6.92 Å². The average molecular weight is 213 g/mol. The van der Waals surface area contributed by atoms with Crippen LogP contribution in [0.25, 0.3) is 0 Å². The van der Waals surface area contributed by atoms with E-state index < -0.39 is 0 Å². The maximum Gasteiger partial charge on any atom is 0.321 e. The molecule has 1 aromatic rings. The van der Waals surface area contributed by atoms with Gasteiger partial charge in [-0.05, 0) is 31.2 Å². The predicted molar refractivity (Wildman–Crippen MR) is 58.9 cm³/mol. The van der Waals surface area contributed by atoms with Gasteiger partial charge in [0.1, 0.15) is 0 Å². The molecule has 2 amide bonds. The highest BCUT2D eigenvalue weighted by molar-refractivity contribution is 6.30. The number of hydrogen-bond acceptors (Lipinski definition) is 1. The van der Waals surface area contributed by atoms with Crippen molar-refractivity contribution >= 4 is 23.3 Å². The number of nitrogens with zero attached hydrogens (tertiary/aromatic N) is 1. The second kappa shape index (κ2) is 4.86. The van der Waals surface area contributed by atoms with Crippen molar-refractivity contribution in [1.82, 2.24) is 5.32 Å². The molecule has 0 saturated heterocycles. The molecule has 4 heteroatoms. The highest BCUT2D eigenvalue weighted by Crippen LogP contribution is 2.17. The number of rotatable bonds is 2. The molecule has 0 aliphatic rings. The lowest BCUT2D eigenvalue weighted by Crippen LogP contribution is -2.37. The van der Waals surface area contributed by atoms with Crippen molar-refractivity contribution < 1.29 is 4.79 Å². The topological polar surface area (TPSA) is 32.3 Å². The van der Waals surface area contributed by atoms with Crippen LogP contribution in [0.1, 0.15) is 6.92 Å². The fourth-order valence-electron chi connectivity index (χ4n) is 1.20. The summed E-state index contributed by atoms with van der Waals surface area (Å²) in [5.41, 5.74) is 0.844. The van der Waals surface area contributed by atoms with Gasteiger partial charge in [-0.3, -0.25) is 4.90 Å². The van der Waals surface area contributed by atoms with Crippen molar-refractivity contribution in [2.24, 2.45) is 0 Å². The van der Waals surface area contributed by atoms with Crippen LogP contribution in [0.15, 0.2) is 24.3 Å². The number of anilines is 1. The maximum atomic E-state index is 11.4. The minimum atomic E-state index is -0.116. The van der Waals surface area contributed by atoms with Gasteiger partial charge in [0.15, 0.2) is 0 Å². The van der Waals surface area contributed by atoms with Crippen LogP contribution in [0.5, 0.6) is 0 Å². The Balaban J connectivity index is 2.89. The van der Waals surface area contributed by atoms with Gasteiger partial charge in [0.25, 0.3) is 0 Å². The van der Waals surface area contributed by atoms with Crippen LogP contribution in [0.4, 0.5) is 10.5 Å². The van der Waals surface area contributed by atoms with Gasteiger partial charge in [-0.25, -0.2) is 4.79 Å². The first-order valence-electron chi connectivity index (χ1n) is 4.44. The molecule has 0 atom stereocenters. The molecule has 0 bridgehead atoms. The summed E-state index contributed by atoms with van der Waals surface area (Å²) in [7, 11) is 1.61. The molecule has 1 rings (SSSR count). The number of benzene rings is 1. The summed E-state index contributed by atoms with van der Waals surface area (Å²) in [4.78, 5) is 13.0. The highest BCUT2D eigenvalue weighted by Gasteiger charge is 2.10. The number of amides is 2. The lowest BCUT2D eigenvalue weighted by molar-refractivity contribution is 0.248. The summed E-state index contributed by atoms with van der Waals surface area (Å²) in [6, 6.07) is 7.06. The smallest absolute Gasteiger partial charge is 0.321 e. The van der Waals surface area contributed by atoms with Gasteiger partial charge in [0, 0.05) is 24.3 Å². The van der Waals surface area contributed by atoms with E-state index in [2.05, 4.69) is 5.32 Å². The molecule has 0 unspecified atom stereocenters. The predicted octanol–water partition coefficient (Wildman–Crippen LogP) is 2.51.